The SMILES string of the molecule is C[C@@H]1O[C@@H](CO)O[C@H]1n1cnc2c(=O)[nH]c(N)nc21. The minimum atomic E-state index is -0.697. The molecule has 2 aromatic heterocycles. The third-order valence-electron chi connectivity index (χ3n) is 2.93. The number of ether oxygens (including phenoxy) is 2. The summed E-state index contributed by atoms with van der Waals surface area (Å²) in [7, 11) is 0. The van der Waals surface area contributed by atoms with Crippen molar-refractivity contribution in [2.24, 2.45) is 0 Å². The van der Waals surface area contributed by atoms with E-state index < -0.39 is 18.1 Å². The third-order valence-corrected chi connectivity index (χ3v) is 2.93. The molecule has 0 amide bonds. The third kappa shape index (κ3) is 1.87. The molecule has 0 radical (unpaired) electrons. The van der Waals surface area contributed by atoms with Gasteiger partial charge in [-0.2, -0.15) is 4.98 Å². The van der Waals surface area contributed by atoms with E-state index in [0.717, 1.165) is 0 Å². The second-order valence-electron chi connectivity index (χ2n) is 4.26. The second-order valence-corrected chi connectivity index (χ2v) is 4.26. The number of aliphatic hydroxyl groups excluding tert-OH is 1. The highest BCUT2D eigenvalue weighted by molar-refractivity contribution is 5.70. The molecule has 0 unspecified atom stereocenters. The number of H-pyrrole nitrogens is 1. The van der Waals surface area contributed by atoms with Gasteiger partial charge in [-0.1, -0.05) is 0 Å². The molecule has 1 fully saturated rings. The van der Waals surface area contributed by atoms with Gasteiger partial charge in [-0.05, 0) is 6.92 Å². The van der Waals surface area contributed by atoms with Crippen molar-refractivity contribution in [2.45, 2.75) is 25.5 Å². The van der Waals surface area contributed by atoms with Crippen LogP contribution >= 0.6 is 0 Å². The first-order valence-electron chi connectivity index (χ1n) is 5.74. The molecule has 102 valence electrons. The summed E-state index contributed by atoms with van der Waals surface area (Å²) in [5.41, 5.74) is 5.61. The summed E-state index contributed by atoms with van der Waals surface area (Å²) in [5.74, 6) is 0.00419. The van der Waals surface area contributed by atoms with Gasteiger partial charge in [0.05, 0.1) is 12.9 Å². The molecule has 1 saturated heterocycles. The first-order chi connectivity index (χ1) is 9.10. The number of rotatable bonds is 2. The van der Waals surface area contributed by atoms with Crippen LogP contribution in [0.3, 0.4) is 0 Å². The van der Waals surface area contributed by atoms with E-state index in [1.54, 1.807) is 11.5 Å². The van der Waals surface area contributed by atoms with E-state index in [-0.39, 0.29) is 24.2 Å². The van der Waals surface area contributed by atoms with Crippen LogP contribution in [-0.2, 0) is 9.47 Å². The minimum absolute atomic E-state index is 0.00419. The molecule has 2 aromatic rings. The molecule has 0 aliphatic carbocycles. The Bertz CT molecular complexity index is 665. The summed E-state index contributed by atoms with van der Waals surface area (Å²) < 4.78 is 12.5. The fourth-order valence-corrected chi connectivity index (χ4v) is 2.11. The van der Waals surface area contributed by atoms with Gasteiger partial charge in [-0.3, -0.25) is 14.3 Å². The van der Waals surface area contributed by atoms with E-state index in [1.165, 1.54) is 6.33 Å². The minimum Gasteiger partial charge on any atom is -0.391 e. The predicted octanol–water partition coefficient (Wildman–Crippen LogP) is -1.05. The molecule has 1 aliphatic rings. The Balaban J connectivity index is 2.09. The van der Waals surface area contributed by atoms with Crippen LogP contribution in [0.5, 0.6) is 0 Å². The van der Waals surface area contributed by atoms with Crippen molar-refractivity contribution in [2.75, 3.05) is 12.3 Å². The zero-order valence-corrected chi connectivity index (χ0v) is 10.1. The van der Waals surface area contributed by atoms with Crippen LogP contribution in [0.4, 0.5) is 5.95 Å². The average Bonchev–Trinajstić information content (AvgIpc) is 2.92. The zero-order chi connectivity index (χ0) is 13.6. The normalized spacial score (nSPS) is 27.2. The van der Waals surface area contributed by atoms with Gasteiger partial charge >= 0.3 is 0 Å². The molecule has 19 heavy (non-hydrogen) atoms. The van der Waals surface area contributed by atoms with Gasteiger partial charge in [0.15, 0.2) is 23.7 Å². The molecule has 3 heterocycles. The number of nitrogens with zero attached hydrogens (tertiary/aromatic N) is 3. The zero-order valence-electron chi connectivity index (χ0n) is 10.1. The van der Waals surface area contributed by atoms with Crippen molar-refractivity contribution in [3.63, 3.8) is 0 Å². The molecule has 0 bridgehead atoms. The highest BCUT2D eigenvalue weighted by Crippen LogP contribution is 2.29. The van der Waals surface area contributed by atoms with E-state index in [1.807, 2.05) is 0 Å². The fourth-order valence-electron chi connectivity index (χ4n) is 2.11. The topological polar surface area (TPSA) is 128 Å². The van der Waals surface area contributed by atoms with Gasteiger partial charge in [0, 0.05) is 0 Å². The Labute approximate surface area is 107 Å². The molecule has 3 atom stereocenters. The summed E-state index contributed by atoms with van der Waals surface area (Å²) in [5, 5.41) is 9.04. The number of nitrogen functional groups attached to an aromatic ring is 1. The van der Waals surface area contributed by atoms with E-state index >= 15 is 0 Å². The lowest BCUT2D eigenvalue weighted by Crippen LogP contribution is -2.19. The monoisotopic (exact) mass is 267 g/mol. The Morgan fingerprint density at radius 3 is 3.05 bits per heavy atom. The molecule has 0 spiro atoms. The lowest BCUT2D eigenvalue weighted by atomic mass is 10.3. The van der Waals surface area contributed by atoms with Crippen molar-refractivity contribution >= 4 is 17.1 Å². The van der Waals surface area contributed by atoms with E-state index in [9.17, 15) is 4.79 Å². The number of aromatic amines is 1. The number of aliphatic hydroxyl groups is 1. The first-order valence-corrected chi connectivity index (χ1v) is 5.74. The number of aromatic nitrogens is 4. The molecular formula is C10H13N5O4. The number of hydrogen-bond donors (Lipinski definition) is 3. The highest BCUT2D eigenvalue weighted by Gasteiger charge is 2.35. The van der Waals surface area contributed by atoms with Crippen molar-refractivity contribution in [1.82, 2.24) is 19.5 Å². The smallest absolute Gasteiger partial charge is 0.280 e. The Kier molecular flexibility index (Phi) is 2.73. The van der Waals surface area contributed by atoms with Gasteiger partial charge < -0.3 is 20.3 Å². The van der Waals surface area contributed by atoms with Gasteiger partial charge in [0.25, 0.3) is 5.56 Å². The molecule has 0 aromatic carbocycles. The fraction of sp³-hybridized carbons (Fsp3) is 0.500. The van der Waals surface area contributed by atoms with E-state index in [0.29, 0.717) is 5.65 Å². The molecule has 1 aliphatic heterocycles. The summed E-state index contributed by atoms with van der Waals surface area (Å²) in [6.07, 6.45) is -0.0825. The van der Waals surface area contributed by atoms with Crippen LogP contribution < -0.4 is 11.3 Å². The number of imidazole rings is 1. The van der Waals surface area contributed by atoms with Gasteiger partial charge in [0.1, 0.15) is 6.10 Å². The Morgan fingerprint density at radius 1 is 1.58 bits per heavy atom. The Morgan fingerprint density at radius 2 is 2.37 bits per heavy atom. The number of anilines is 1. The molecule has 3 rings (SSSR count). The standard InChI is InChI=1S/C10H13N5O4/c1-4-9(19-5(2-16)18-4)15-3-12-6-7(15)13-10(11)14-8(6)17/h3-5,9,16H,2H2,1H3,(H3,11,13,14,17)/t4-,5+,9+/m0/s1. The summed E-state index contributed by atoms with van der Waals surface area (Å²) in [6.45, 7) is 1.55. The molecule has 4 N–H and O–H groups in total. The molecule has 9 heteroatoms. The van der Waals surface area contributed by atoms with Crippen LogP contribution in [0.1, 0.15) is 13.2 Å². The maximum Gasteiger partial charge on any atom is 0.280 e. The number of nitrogens with two attached hydrogens (primary N) is 1. The number of fused-ring (bicyclic) bond motifs is 1. The van der Waals surface area contributed by atoms with Crippen molar-refractivity contribution < 1.29 is 14.6 Å². The van der Waals surface area contributed by atoms with Crippen LogP contribution in [0.15, 0.2) is 11.1 Å². The van der Waals surface area contributed by atoms with Crippen LogP contribution in [0.2, 0.25) is 0 Å². The molecule has 0 saturated carbocycles. The van der Waals surface area contributed by atoms with Crippen molar-refractivity contribution in [3.8, 4) is 0 Å². The average molecular weight is 267 g/mol. The van der Waals surface area contributed by atoms with Gasteiger partial charge in [0.2, 0.25) is 5.95 Å². The predicted molar refractivity (Wildman–Crippen MR) is 64.1 cm³/mol. The van der Waals surface area contributed by atoms with Crippen molar-refractivity contribution in [1.29, 1.82) is 0 Å². The number of nitrogens with one attached hydrogen (secondary N) is 1. The highest BCUT2D eigenvalue weighted by atomic mass is 16.7. The molecular weight excluding hydrogens is 254 g/mol. The van der Waals surface area contributed by atoms with Gasteiger partial charge in [-0.25, -0.2) is 4.98 Å². The Hall–Kier alpha value is -1.97. The molecule has 9 nitrogen and oxygen atoms in total. The first kappa shape index (κ1) is 12.1. The van der Waals surface area contributed by atoms with Gasteiger partial charge in [-0.15, -0.1) is 0 Å². The maximum absolute atomic E-state index is 11.7. The second kappa shape index (κ2) is 4.30. The quantitative estimate of drug-likeness (QED) is 0.633. The van der Waals surface area contributed by atoms with Crippen molar-refractivity contribution in [3.05, 3.63) is 16.7 Å². The van der Waals surface area contributed by atoms with Crippen LogP contribution in [-0.4, -0.2) is 43.6 Å². The van der Waals surface area contributed by atoms with Crippen LogP contribution in [0.25, 0.3) is 11.2 Å². The lowest BCUT2D eigenvalue weighted by Gasteiger charge is -2.14. The largest absolute Gasteiger partial charge is 0.391 e. The lowest BCUT2D eigenvalue weighted by molar-refractivity contribution is -0.101. The van der Waals surface area contributed by atoms with E-state index in [2.05, 4.69) is 15.0 Å². The summed E-state index contributed by atoms with van der Waals surface area (Å²) >= 11 is 0. The summed E-state index contributed by atoms with van der Waals surface area (Å²) in [6, 6.07) is 0. The van der Waals surface area contributed by atoms with Crippen LogP contribution in [0, 0.1) is 0 Å². The maximum atomic E-state index is 11.7. The number of hydrogen-bond acceptors (Lipinski definition) is 7. The van der Waals surface area contributed by atoms with E-state index in [4.69, 9.17) is 20.3 Å². The summed E-state index contributed by atoms with van der Waals surface area (Å²) in [4.78, 5) is 22.1.